The van der Waals surface area contributed by atoms with E-state index in [1.807, 2.05) is 18.2 Å². The second kappa shape index (κ2) is 3.71. The number of nitrogens with two attached hydrogens (primary N) is 1. The predicted octanol–water partition coefficient (Wildman–Crippen LogP) is 2.00. The summed E-state index contributed by atoms with van der Waals surface area (Å²) in [5, 5.41) is 10.7. The third-order valence-electron chi connectivity index (χ3n) is 2.46. The fourth-order valence-corrected chi connectivity index (χ4v) is 1.73. The fraction of sp³-hybridized carbons (Fsp3) is 0.0833. The molecule has 0 heterocycles. The third kappa shape index (κ3) is 1.57. The summed E-state index contributed by atoms with van der Waals surface area (Å²) in [6.45, 7) is 0.417. The van der Waals surface area contributed by atoms with Crippen LogP contribution in [-0.4, -0.2) is 11.1 Å². The van der Waals surface area contributed by atoms with Crippen molar-refractivity contribution >= 4 is 16.7 Å². The highest BCUT2D eigenvalue weighted by atomic mass is 16.4. The Kier molecular flexibility index (Phi) is 2.39. The molecule has 0 bridgehead atoms. The van der Waals surface area contributed by atoms with Gasteiger partial charge in [0.05, 0.1) is 5.56 Å². The lowest BCUT2D eigenvalue weighted by Crippen LogP contribution is -2.02. The van der Waals surface area contributed by atoms with E-state index in [9.17, 15) is 4.79 Å². The molecule has 0 aromatic heterocycles. The second-order valence-corrected chi connectivity index (χ2v) is 3.33. The SMILES string of the molecule is NCc1ccc(C(=O)O)c2ccccc12. The van der Waals surface area contributed by atoms with Gasteiger partial charge in [0, 0.05) is 6.54 Å². The quantitative estimate of drug-likeness (QED) is 0.781. The lowest BCUT2D eigenvalue weighted by molar-refractivity contribution is 0.0699. The van der Waals surface area contributed by atoms with Gasteiger partial charge in [0.15, 0.2) is 0 Å². The third-order valence-corrected chi connectivity index (χ3v) is 2.46. The first-order chi connectivity index (χ1) is 7.24. The number of fused-ring (bicyclic) bond motifs is 1. The van der Waals surface area contributed by atoms with E-state index in [1.54, 1.807) is 18.2 Å². The smallest absolute Gasteiger partial charge is 0.336 e. The van der Waals surface area contributed by atoms with Gasteiger partial charge < -0.3 is 10.8 Å². The van der Waals surface area contributed by atoms with Gasteiger partial charge in [-0.3, -0.25) is 0 Å². The van der Waals surface area contributed by atoms with Crippen molar-refractivity contribution in [2.24, 2.45) is 5.73 Å². The maximum Gasteiger partial charge on any atom is 0.336 e. The number of carbonyl (C=O) groups is 1. The number of hydrogen-bond donors (Lipinski definition) is 2. The van der Waals surface area contributed by atoms with Gasteiger partial charge in [0.1, 0.15) is 0 Å². The van der Waals surface area contributed by atoms with Crippen LogP contribution >= 0.6 is 0 Å². The summed E-state index contributed by atoms with van der Waals surface area (Å²) in [6.07, 6.45) is 0. The number of aromatic carboxylic acids is 1. The maximum absolute atomic E-state index is 11.0. The molecule has 3 N–H and O–H groups in total. The molecule has 76 valence electrons. The molecular formula is C12H11NO2. The Morgan fingerprint density at radius 2 is 1.80 bits per heavy atom. The van der Waals surface area contributed by atoms with Crippen LogP contribution in [0.15, 0.2) is 36.4 Å². The standard InChI is InChI=1S/C12H11NO2/c13-7-8-5-6-11(12(14)15)10-4-2-1-3-9(8)10/h1-6H,7,13H2,(H,14,15). The minimum Gasteiger partial charge on any atom is -0.478 e. The predicted molar refractivity (Wildman–Crippen MR) is 58.8 cm³/mol. The molecule has 2 aromatic carbocycles. The van der Waals surface area contributed by atoms with Gasteiger partial charge >= 0.3 is 5.97 Å². The van der Waals surface area contributed by atoms with E-state index >= 15 is 0 Å². The summed E-state index contributed by atoms with van der Waals surface area (Å²) in [4.78, 5) is 11.0. The van der Waals surface area contributed by atoms with Crippen LogP contribution in [0.3, 0.4) is 0 Å². The van der Waals surface area contributed by atoms with Crippen molar-refractivity contribution in [3.05, 3.63) is 47.5 Å². The van der Waals surface area contributed by atoms with Crippen molar-refractivity contribution in [3.8, 4) is 0 Å². The summed E-state index contributed by atoms with van der Waals surface area (Å²) in [7, 11) is 0. The average molecular weight is 201 g/mol. The molecule has 0 unspecified atom stereocenters. The van der Waals surface area contributed by atoms with Gasteiger partial charge in [-0.2, -0.15) is 0 Å². The lowest BCUT2D eigenvalue weighted by Gasteiger charge is -2.06. The fourth-order valence-electron chi connectivity index (χ4n) is 1.73. The second-order valence-electron chi connectivity index (χ2n) is 3.33. The highest BCUT2D eigenvalue weighted by Crippen LogP contribution is 2.22. The van der Waals surface area contributed by atoms with Crippen LogP contribution < -0.4 is 5.73 Å². The molecule has 15 heavy (non-hydrogen) atoms. The van der Waals surface area contributed by atoms with Crippen LogP contribution in [0.2, 0.25) is 0 Å². The van der Waals surface area contributed by atoms with E-state index in [0.717, 1.165) is 16.3 Å². The Hall–Kier alpha value is -1.87. The van der Waals surface area contributed by atoms with Crippen LogP contribution in [-0.2, 0) is 6.54 Å². The minimum absolute atomic E-state index is 0.322. The van der Waals surface area contributed by atoms with Crippen molar-refractivity contribution in [1.29, 1.82) is 0 Å². The van der Waals surface area contributed by atoms with Gasteiger partial charge in [-0.05, 0) is 22.4 Å². The molecule has 0 amide bonds. The van der Waals surface area contributed by atoms with Gasteiger partial charge in [-0.15, -0.1) is 0 Å². The Labute approximate surface area is 87.1 Å². The topological polar surface area (TPSA) is 63.3 Å². The van der Waals surface area contributed by atoms with E-state index in [4.69, 9.17) is 10.8 Å². The van der Waals surface area contributed by atoms with Crippen molar-refractivity contribution in [2.75, 3.05) is 0 Å². The minimum atomic E-state index is -0.908. The molecule has 0 aliphatic heterocycles. The van der Waals surface area contributed by atoms with E-state index in [-0.39, 0.29) is 0 Å². The van der Waals surface area contributed by atoms with Crippen LogP contribution in [0.5, 0.6) is 0 Å². The van der Waals surface area contributed by atoms with Crippen LogP contribution in [0.25, 0.3) is 10.8 Å². The number of rotatable bonds is 2. The first kappa shape index (κ1) is 9.68. The number of carboxylic acids is 1. The van der Waals surface area contributed by atoms with Crippen LogP contribution in [0.4, 0.5) is 0 Å². The lowest BCUT2D eigenvalue weighted by atomic mass is 10.00. The molecule has 0 fully saturated rings. The maximum atomic E-state index is 11.0. The Bertz CT molecular complexity index is 520. The van der Waals surface area contributed by atoms with Crippen molar-refractivity contribution < 1.29 is 9.90 Å². The Morgan fingerprint density at radius 3 is 2.40 bits per heavy atom. The van der Waals surface area contributed by atoms with Crippen molar-refractivity contribution in [3.63, 3.8) is 0 Å². The first-order valence-corrected chi connectivity index (χ1v) is 4.68. The van der Waals surface area contributed by atoms with E-state index in [0.29, 0.717) is 12.1 Å². The van der Waals surface area contributed by atoms with Crippen LogP contribution in [0.1, 0.15) is 15.9 Å². The summed E-state index contributed by atoms with van der Waals surface area (Å²) in [6, 6.07) is 10.8. The highest BCUT2D eigenvalue weighted by Gasteiger charge is 2.09. The normalized spacial score (nSPS) is 10.5. The summed E-state index contributed by atoms with van der Waals surface area (Å²) in [5.74, 6) is -0.908. The molecule has 0 radical (unpaired) electrons. The summed E-state index contributed by atoms with van der Waals surface area (Å²) >= 11 is 0. The highest BCUT2D eigenvalue weighted by molar-refractivity contribution is 6.04. The zero-order chi connectivity index (χ0) is 10.8. The van der Waals surface area contributed by atoms with Gasteiger partial charge in [-0.1, -0.05) is 30.3 Å². The zero-order valence-corrected chi connectivity index (χ0v) is 8.10. The molecule has 0 atom stereocenters. The molecule has 0 aliphatic carbocycles. The molecule has 3 heteroatoms. The molecule has 2 rings (SSSR count). The Morgan fingerprint density at radius 1 is 1.13 bits per heavy atom. The molecule has 2 aromatic rings. The average Bonchev–Trinajstić information content (AvgIpc) is 2.27. The first-order valence-electron chi connectivity index (χ1n) is 4.68. The molecular weight excluding hydrogens is 190 g/mol. The molecule has 0 saturated heterocycles. The number of hydrogen-bond acceptors (Lipinski definition) is 2. The largest absolute Gasteiger partial charge is 0.478 e. The van der Waals surface area contributed by atoms with E-state index < -0.39 is 5.97 Å². The van der Waals surface area contributed by atoms with Crippen molar-refractivity contribution in [1.82, 2.24) is 0 Å². The van der Waals surface area contributed by atoms with Gasteiger partial charge in [0.25, 0.3) is 0 Å². The molecule has 3 nitrogen and oxygen atoms in total. The van der Waals surface area contributed by atoms with Gasteiger partial charge in [0.2, 0.25) is 0 Å². The summed E-state index contributed by atoms with van der Waals surface area (Å²) in [5.41, 5.74) is 6.88. The van der Waals surface area contributed by atoms with Crippen molar-refractivity contribution in [2.45, 2.75) is 6.54 Å². The molecule has 0 aliphatic rings. The van der Waals surface area contributed by atoms with E-state index in [1.165, 1.54) is 0 Å². The zero-order valence-electron chi connectivity index (χ0n) is 8.10. The monoisotopic (exact) mass is 201 g/mol. The van der Waals surface area contributed by atoms with Crippen LogP contribution in [0, 0.1) is 0 Å². The summed E-state index contributed by atoms with van der Waals surface area (Å²) < 4.78 is 0. The van der Waals surface area contributed by atoms with Gasteiger partial charge in [-0.25, -0.2) is 4.79 Å². The number of carboxylic acid groups (broad SMARTS) is 1. The molecule has 0 spiro atoms. The van der Waals surface area contributed by atoms with E-state index in [2.05, 4.69) is 0 Å². The molecule has 0 saturated carbocycles. The number of benzene rings is 2. The Balaban J connectivity index is 2.83.